The maximum atomic E-state index is 11.9. The van der Waals surface area contributed by atoms with Crippen LogP contribution in [0, 0.1) is 5.41 Å². The molecule has 1 saturated carbocycles. The highest BCUT2D eigenvalue weighted by molar-refractivity contribution is 7.89. The standard InChI is InChI=1S/C11H20F3NO3S/c12-11(13,14)6-3-7-19(17,18)15-8-10(9-16)4-1-2-5-10/h15-16H,1-9H2. The van der Waals surface area contributed by atoms with E-state index in [1.807, 2.05) is 0 Å². The van der Waals surface area contributed by atoms with Gasteiger partial charge in [0.2, 0.25) is 10.0 Å². The van der Waals surface area contributed by atoms with Crippen LogP contribution in [-0.4, -0.2) is 38.6 Å². The summed E-state index contributed by atoms with van der Waals surface area (Å²) in [7, 11) is -3.70. The first-order valence-electron chi connectivity index (χ1n) is 6.33. The molecule has 1 fully saturated rings. The van der Waals surface area contributed by atoms with Gasteiger partial charge < -0.3 is 5.11 Å². The summed E-state index contributed by atoms with van der Waals surface area (Å²) in [6, 6.07) is 0. The van der Waals surface area contributed by atoms with Gasteiger partial charge in [-0.15, -0.1) is 0 Å². The lowest BCUT2D eigenvalue weighted by Crippen LogP contribution is -2.39. The van der Waals surface area contributed by atoms with Crippen LogP contribution in [-0.2, 0) is 10.0 Å². The fraction of sp³-hybridized carbons (Fsp3) is 1.00. The van der Waals surface area contributed by atoms with Gasteiger partial charge in [0, 0.05) is 25.0 Å². The van der Waals surface area contributed by atoms with E-state index in [1.165, 1.54) is 0 Å². The van der Waals surface area contributed by atoms with E-state index in [-0.39, 0.29) is 13.2 Å². The Labute approximate surface area is 111 Å². The van der Waals surface area contributed by atoms with Gasteiger partial charge in [-0.05, 0) is 19.3 Å². The molecule has 0 saturated heterocycles. The largest absolute Gasteiger partial charge is 0.396 e. The summed E-state index contributed by atoms with van der Waals surface area (Å²) in [6.45, 7) is 0.00984. The number of sulfonamides is 1. The fourth-order valence-corrected chi connectivity index (χ4v) is 3.51. The lowest BCUT2D eigenvalue weighted by Gasteiger charge is -2.26. The van der Waals surface area contributed by atoms with Crippen molar-refractivity contribution in [3.63, 3.8) is 0 Å². The summed E-state index contributed by atoms with van der Waals surface area (Å²) < 4.78 is 61.3. The molecule has 0 spiro atoms. The predicted molar refractivity (Wildman–Crippen MR) is 65.1 cm³/mol. The van der Waals surface area contributed by atoms with Gasteiger partial charge in [0.15, 0.2) is 0 Å². The lowest BCUT2D eigenvalue weighted by molar-refractivity contribution is -0.134. The van der Waals surface area contributed by atoms with Crippen molar-refractivity contribution >= 4 is 10.0 Å². The van der Waals surface area contributed by atoms with Gasteiger partial charge >= 0.3 is 6.18 Å². The molecule has 0 aromatic rings. The van der Waals surface area contributed by atoms with Crippen molar-refractivity contribution in [2.45, 2.75) is 44.7 Å². The van der Waals surface area contributed by atoms with E-state index < -0.39 is 40.2 Å². The molecular weight excluding hydrogens is 283 g/mol. The summed E-state index contributed by atoms with van der Waals surface area (Å²) in [4.78, 5) is 0. The fourth-order valence-electron chi connectivity index (χ4n) is 2.31. The topological polar surface area (TPSA) is 66.4 Å². The van der Waals surface area contributed by atoms with Crippen LogP contribution in [0.3, 0.4) is 0 Å². The number of hydrogen-bond donors (Lipinski definition) is 2. The van der Waals surface area contributed by atoms with Crippen LogP contribution >= 0.6 is 0 Å². The van der Waals surface area contributed by atoms with Crippen molar-refractivity contribution < 1.29 is 26.7 Å². The second-order valence-electron chi connectivity index (χ2n) is 5.22. The Hall–Kier alpha value is -0.340. The van der Waals surface area contributed by atoms with E-state index >= 15 is 0 Å². The lowest BCUT2D eigenvalue weighted by atomic mass is 9.88. The van der Waals surface area contributed by atoms with E-state index in [2.05, 4.69) is 4.72 Å². The zero-order chi connectivity index (χ0) is 14.6. The van der Waals surface area contributed by atoms with Gasteiger partial charge in [-0.1, -0.05) is 12.8 Å². The highest BCUT2D eigenvalue weighted by atomic mass is 32.2. The Bertz CT molecular complexity index is 375. The highest BCUT2D eigenvalue weighted by Crippen LogP contribution is 2.37. The molecule has 0 amide bonds. The minimum atomic E-state index is -4.33. The quantitative estimate of drug-likeness (QED) is 0.753. The number of hydrogen-bond acceptors (Lipinski definition) is 3. The molecule has 19 heavy (non-hydrogen) atoms. The second-order valence-corrected chi connectivity index (χ2v) is 7.15. The average molecular weight is 303 g/mol. The summed E-state index contributed by atoms with van der Waals surface area (Å²) >= 11 is 0. The van der Waals surface area contributed by atoms with E-state index in [9.17, 15) is 26.7 Å². The summed E-state index contributed by atoms with van der Waals surface area (Å²) in [5.74, 6) is -0.534. The molecule has 2 N–H and O–H groups in total. The van der Waals surface area contributed by atoms with E-state index in [4.69, 9.17) is 0 Å². The summed E-state index contributed by atoms with van der Waals surface area (Å²) in [5.41, 5.74) is -0.433. The molecule has 1 aliphatic rings. The van der Waals surface area contributed by atoms with Gasteiger partial charge in [0.25, 0.3) is 0 Å². The smallest absolute Gasteiger partial charge is 0.389 e. The summed E-state index contributed by atoms with van der Waals surface area (Å²) in [6.07, 6.45) is -2.49. The van der Waals surface area contributed by atoms with Crippen LogP contribution in [0.15, 0.2) is 0 Å². The van der Waals surface area contributed by atoms with Crippen molar-refractivity contribution in [3.8, 4) is 0 Å². The predicted octanol–water partition coefficient (Wildman–Crippen LogP) is 1.80. The maximum Gasteiger partial charge on any atom is 0.389 e. The molecule has 1 aliphatic carbocycles. The summed E-state index contributed by atoms with van der Waals surface area (Å²) in [5, 5.41) is 9.31. The van der Waals surface area contributed by atoms with Gasteiger partial charge in [-0.2, -0.15) is 13.2 Å². The zero-order valence-corrected chi connectivity index (χ0v) is 11.5. The number of aliphatic hydroxyl groups excluding tert-OH is 1. The molecule has 8 heteroatoms. The third-order valence-electron chi connectivity index (χ3n) is 3.54. The van der Waals surface area contributed by atoms with Crippen molar-refractivity contribution in [2.75, 3.05) is 18.9 Å². The van der Waals surface area contributed by atoms with Crippen LogP contribution < -0.4 is 4.72 Å². The van der Waals surface area contributed by atoms with Crippen LogP contribution in [0.25, 0.3) is 0 Å². The number of nitrogens with one attached hydrogen (secondary N) is 1. The Kier molecular flexibility index (Phi) is 5.64. The third-order valence-corrected chi connectivity index (χ3v) is 4.95. The minimum Gasteiger partial charge on any atom is -0.396 e. The highest BCUT2D eigenvalue weighted by Gasteiger charge is 2.34. The van der Waals surface area contributed by atoms with Crippen molar-refractivity contribution in [2.24, 2.45) is 5.41 Å². The molecule has 0 aliphatic heterocycles. The van der Waals surface area contributed by atoms with Gasteiger partial charge in [0.1, 0.15) is 0 Å². The molecule has 0 atom stereocenters. The van der Waals surface area contributed by atoms with Crippen molar-refractivity contribution in [3.05, 3.63) is 0 Å². The number of alkyl halides is 3. The molecule has 0 heterocycles. The normalized spacial score (nSPS) is 19.8. The first-order valence-corrected chi connectivity index (χ1v) is 7.98. The molecule has 0 bridgehead atoms. The molecule has 0 unspecified atom stereocenters. The number of halogens is 3. The van der Waals surface area contributed by atoms with Gasteiger partial charge in [0.05, 0.1) is 5.75 Å². The molecule has 0 aromatic heterocycles. The third kappa shape index (κ3) is 6.09. The van der Waals surface area contributed by atoms with Crippen molar-refractivity contribution in [1.82, 2.24) is 4.72 Å². The number of aliphatic hydroxyl groups is 1. The van der Waals surface area contributed by atoms with Crippen LogP contribution in [0.2, 0.25) is 0 Å². The molecule has 4 nitrogen and oxygen atoms in total. The average Bonchev–Trinajstić information content (AvgIpc) is 2.74. The monoisotopic (exact) mass is 303 g/mol. The number of rotatable bonds is 7. The minimum absolute atomic E-state index is 0.0991. The molecule has 0 radical (unpaired) electrons. The Morgan fingerprint density at radius 2 is 1.79 bits per heavy atom. The van der Waals surface area contributed by atoms with E-state index in [0.29, 0.717) is 0 Å². The molecule has 0 aromatic carbocycles. The molecular formula is C11H20F3NO3S. The van der Waals surface area contributed by atoms with E-state index in [1.54, 1.807) is 0 Å². The Morgan fingerprint density at radius 1 is 1.21 bits per heavy atom. The van der Waals surface area contributed by atoms with Crippen molar-refractivity contribution in [1.29, 1.82) is 0 Å². The first kappa shape index (κ1) is 16.7. The van der Waals surface area contributed by atoms with Crippen LogP contribution in [0.5, 0.6) is 0 Å². The molecule has 114 valence electrons. The SMILES string of the molecule is O=S(=O)(CCCC(F)(F)F)NCC1(CO)CCCC1. The van der Waals surface area contributed by atoms with Crippen LogP contribution in [0.1, 0.15) is 38.5 Å². The Balaban J connectivity index is 2.38. The second kappa shape index (κ2) is 6.41. The van der Waals surface area contributed by atoms with E-state index in [0.717, 1.165) is 25.7 Å². The van der Waals surface area contributed by atoms with Gasteiger partial charge in [-0.25, -0.2) is 13.1 Å². The molecule has 1 rings (SSSR count). The Morgan fingerprint density at radius 3 is 2.26 bits per heavy atom. The zero-order valence-electron chi connectivity index (χ0n) is 10.7. The first-order chi connectivity index (χ1) is 8.68. The van der Waals surface area contributed by atoms with Gasteiger partial charge in [-0.3, -0.25) is 0 Å². The maximum absolute atomic E-state index is 11.9. The van der Waals surface area contributed by atoms with Crippen LogP contribution in [0.4, 0.5) is 13.2 Å².